The molecule has 0 aromatic carbocycles. The van der Waals surface area contributed by atoms with Gasteiger partial charge in [0.1, 0.15) is 0 Å². The average molecular weight is 204 g/mol. The van der Waals surface area contributed by atoms with Crippen molar-refractivity contribution in [2.45, 2.75) is 26.2 Å². The molecule has 2 heterocycles. The Kier molecular flexibility index (Phi) is 2.99. The fourth-order valence-corrected chi connectivity index (χ4v) is 1.87. The summed E-state index contributed by atoms with van der Waals surface area (Å²) >= 11 is 0. The lowest BCUT2D eigenvalue weighted by Gasteiger charge is -2.13. The van der Waals surface area contributed by atoms with Crippen LogP contribution < -0.4 is 4.74 Å². The molecular weight excluding hydrogens is 188 g/mol. The summed E-state index contributed by atoms with van der Waals surface area (Å²) in [6, 6.07) is 3.96. The Labute approximate surface area is 90.2 Å². The van der Waals surface area contributed by atoms with Gasteiger partial charge in [-0.15, -0.1) is 0 Å². The third-order valence-electron chi connectivity index (χ3n) is 2.70. The fourth-order valence-electron chi connectivity index (χ4n) is 1.87. The van der Waals surface area contributed by atoms with E-state index in [9.17, 15) is 0 Å². The molecule has 3 heteroatoms. The number of aromatic nitrogens is 1. The van der Waals surface area contributed by atoms with Crippen LogP contribution in [0.5, 0.6) is 5.88 Å². The zero-order chi connectivity index (χ0) is 10.7. The van der Waals surface area contributed by atoms with Gasteiger partial charge in [-0.05, 0) is 32.3 Å². The maximum absolute atomic E-state index is 5.09. The molecule has 0 N–H and O–H groups in total. The maximum Gasteiger partial charge on any atom is 0.213 e. The highest BCUT2D eigenvalue weighted by Crippen LogP contribution is 2.18. The second-order valence-electron chi connectivity index (χ2n) is 3.77. The van der Waals surface area contributed by atoms with Gasteiger partial charge >= 0.3 is 0 Å². The predicted octanol–water partition coefficient (Wildman–Crippen LogP) is 2.37. The van der Waals surface area contributed by atoms with E-state index in [2.05, 4.69) is 16.0 Å². The van der Waals surface area contributed by atoms with Crippen molar-refractivity contribution in [1.29, 1.82) is 0 Å². The largest absolute Gasteiger partial charge is 0.481 e. The number of ether oxygens (including phenoxy) is 1. The van der Waals surface area contributed by atoms with Crippen LogP contribution in [-0.4, -0.2) is 24.4 Å². The Morgan fingerprint density at radius 1 is 1.27 bits per heavy atom. The Bertz CT molecular complexity index is 385. The summed E-state index contributed by atoms with van der Waals surface area (Å²) in [7, 11) is 1.64. The first kappa shape index (κ1) is 10.1. The van der Waals surface area contributed by atoms with Crippen molar-refractivity contribution in [2.24, 2.45) is 4.99 Å². The van der Waals surface area contributed by atoms with E-state index in [1.54, 1.807) is 7.11 Å². The minimum Gasteiger partial charge on any atom is -0.481 e. The molecule has 0 aliphatic carbocycles. The van der Waals surface area contributed by atoms with E-state index in [0.717, 1.165) is 18.7 Å². The molecule has 0 saturated heterocycles. The molecule has 0 fully saturated rings. The number of aliphatic imine (C=N–C) groups is 1. The zero-order valence-corrected chi connectivity index (χ0v) is 9.29. The molecule has 0 radical (unpaired) electrons. The van der Waals surface area contributed by atoms with Gasteiger partial charge in [0.25, 0.3) is 0 Å². The van der Waals surface area contributed by atoms with Crippen LogP contribution in [0.4, 0.5) is 0 Å². The SMILES string of the molecule is COc1ccc(C2=NCCCC2)c(C)n1. The highest BCUT2D eigenvalue weighted by molar-refractivity contribution is 6.01. The number of pyridine rings is 1. The molecule has 80 valence electrons. The monoisotopic (exact) mass is 204 g/mol. The lowest BCUT2D eigenvalue weighted by atomic mass is 10.0. The van der Waals surface area contributed by atoms with Gasteiger partial charge in [-0.1, -0.05) is 0 Å². The molecule has 1 aliphatic heterocycles. The van der Waals surface area contributed by atoms with Gasteiger partial charge in [-0.3, -0.25) is 4.99 Å². The zero-order valence-electron chi connectivity index (χ0n) is 9.29. The summed E-state index contributed by atoms with van der Waals surface area (Å²) in [5.41, 5.74) is 3.39. The van der Waals surface area contributed by atoms with E-state index < -0.39 is 0 Å². The Morgan fingerprint density at radius 2 is 2.13 bits per heavy atom. The van der Waals surface area contributed by atoms with E-state index in [1.165, 1.54) is 24.1 Å². The van der Waals surface area contributed by atoms with Gasteiger partial charge in [0, 0.05) is 23.9 Å². The van der Waals surface area contributed by atoms with Crippen LogP contribution in [-0.2, 0) is 0 Å². The summed E-state index contributed by atoms with van der Waals surface area (Å²) in [4.78, 5) is 8.92. The quantitative estimate of drug-likeness (QED) is 0.741. The first-order valence-corrected chi connectivity index (χ1v) is 5.36. The third kappa shape index (κ3) is 2.17. The summed E-state index contributed by atoms with van der Waals surface area (Å²) in [6.45, 7) is 2.97. The normalized spacial score (nSPS) is 16.0. The molecular formula is C12H16N2O. The van der Waals surface area contributed by atoms with E-state index >= 15 is 0 Å². The third-order valence-corrected chi connectivity index (χ3v) is 2.70. The van der Waals surface area contributed by atoms with Crippen LogP contribution in [0, 0.1) is 6.92 Å². The van der Waals surface area contributed by atoms with E-state index in [-0.39, 0.29) is 0 Å². The van der Waals surface area contributed by atoms with Crippen molar-refractivity contribution < 1.29 is 4.74 Å². The van der Waals surface area contributed by atoms with Crippen LogP contribution in [0.3, 0.4) is 0 Å². The van der Waals surface area contributed by atoms with Gasteiger partial charge in [-0.25, -0.2) is 4.98 Å². The Balaban J connectivity index is 2.32. The fraction of sp³-hybridized carbons (Fsp3) is 0.500. The summed E-state index contributed by atoms with van der Waals surface area (Å²) in [5.74, 6) is 0.674. The van der Waals surface area contributed by atoms with Gasteiger partial charge in [0.05, 0.1) is 12.8 Å². The molecule has 1 aromatic rings. The second kappa shape index (κ2) is 4.43. The van der Waals surface area contributed by atoms with Crippen molar-refractivity contribution >= 4 is 5.71 Å². The Morgan fingerprint density at radius 3 is 2.73 bits per heavy atom. The minimum absolute atomic E-state index is 0.674. The van der Waals surface area contributed by atoms with Crippen LogP contribution in [0.25, 0.3) is 0 Å². The highest BCUT2D eigenvalue weighted by Gasteiger charge is 2.11. The number of methoxy groups -OCH3 is 1. The predicted molar refractivity (Wildman–Crippen MR) is 60.8 cm³/mol. The minimum atomic E-state index is 0.674. The molecule has 0 amide bonds. The number of aryl methyl sites for hydroxylation is 1. The standard InChI is InChI=1S/C12H16N2O/c1-9-10(6-7-12(14-9)15-2)11-5-3-4-8-13-11/h6-7H,3-5,8H2,1-2H3. The summed E-state index contributed by atoms with van der Waals surface area (Å²) in [5, 5.41) is 0. The first-order chi connectivity index (χ1) is 7.31. The second-order valence-corrected chi connectivity index (χ2v) is 3.77. The number of nitrogens with zero attached hydrogens (tertiary/aromatic N) is 2. The molecule has 0 bridgehead atoms. The molecule has 1 aromatic heterocycles. The molecule has 15 heavy (non-hydrogen) atoms. The molecule has 0 saturated carbocycles. The van der Waals surface area contributed by atoms with Gasteiger partial charge in [0.15, 0.2) is 0 Å². The molecule has 0 spiro atoms. The molecule has 2 rings (SSSR count). The van der Waals surface area contributed by atoms with E-state index in [0.29, 0.717) is 5.88 Å². The lowest BCUT2D eigenvalue weighted by molar-refractivity contribution is 0.397. The summed E-state index contributed by atoms with van der Waals surface area (Å²) < 4.78 is 5.09. The van der Waals surface area contributed by atoms with E-state index in [1.807, 2.05) is 13.0 Å². The Hall–Kier alpha value is -1.38. The van der Waals surface area contributed by atoms with Crippen LogP contribution in [0.1, 0.15) is 30.5 Å². The van der Waals surface area contributed by atoms with Crippen LogP contribution in [0.2, 0.25) is 0 Å². The lowest BCUT2D eigenvalue weighted by Crippen LogP contribution is -2.10. The van der Waals surface area contributed by atoms with Crippen molar-refractivity contribution in [3.63, 3.8) is 0 Å². The van der Waals surface area contributed by atoms with Gasteiger partial charge in [-0.2, -0.15) is 0 Å². The van der Waals surface area contributed by atoms with Crippen LogP contribution in [0.15, 0.2) is 17.1 Å². The topological polar surface area (TPSA) is 34.5 Å². The molecule has 0 unspecified atom stereocenters. The smallest absolute Gasteiger partial charge is 0.213 e. The van der Waals surface area contributed by atoms with Crippen molar-refractivity contribution in [1.82, 2.24) is 4.98 Å². The van der Waals surface area contributed by atoms with Crippen molar-refractivity contribution in [2.75, 3.05) is 13.7 Å². The molecule has 1 aliphatic rings. The van der Waals surface area contributed by atoms with Gasteiger partial charge < -0.3 is 4.74 Å². The summed E-state index contributed by atoms with van der Waals surface area (Å²) in [6.07, 6.45) is 3.53. The van der Waals surface area contributed by atoms with Crippen LogP contribution >= 0.6 is 0 Å². The van der Waals surface area contributed by atoms with Gasteiger partial charge in [0.2, 0.25) is 5.88 Å². The van der Waals surface area contributed by atoms with E-state index in [4.69, 9.17) is 4.74 Å². The highest BCUT2D eigenvalue weighted by atomic mass is 16.5. The number of hydrogen-bond acceptors (Lipinski definition) is 3. The average Bonchev–Trinajstić information content (AvgIpc) is 2.30. The number of rotatable bonds is 2. The molecule has 0 atom stereocenters. The van der Waals surface area contributed by atoms with Crippen molar-refractivity contribution in [3.05, 3.63) is 23.4 Å². The first-order valence-electron chi connectivity index (χ1n) is 5.36. The molecule has 3 nitrogen and oxygen atoms in total. The maximum atomic E-state index is 5.09. The number of hydrogen-bond donors (Lipinski definition) is 0. The van der Waals surface area contributed by atoms with Crippen molar-refractivity contribution in [3.8, 4) is 5.88 Å².